The predicted molar refractivity (Wildman–Crippen MR) is 119 cm³/mol. The van der Waals surface area contributed by atoms with E-state index in [0.29, 0.717) is 29.6 Å². The molecule has 178 valence electrons. The summed E-state index contributed by atoms with van der Waals surface area (Å²) < 4.78 is 47.2. The van der Waals surface area contributed by atoms with Crippen LogP contribution in [0.15, 0.2) is 28.4 Å². The van der Waals surface area contributed by atoms with Gasteiger partial charge in [-0.25, -0.2) is 0 Å². The van der Waals surface area contributed by atoms with Crippen molar-refractivity contribution in [1.82, 2.24) is 9.88 Å². The van der Waals surface area contributed by atoms with Crippen LogP contribution in [0.3, 0.4) is 0 Å². The molecule has 5 nitrogen and oxygen atoms in total. The van der Waals surface area contributed by atoms with Crippen molar-refractivity contribution in [3.05, 3.63) is 38.8 Å². The van der Waals surface area contributed by atoms with E-state index >= 15 is 0 Å². The number of thiazole rings is 1. The Kier molecular flexibility index (Phi) is 7.39. The highest BCUT2D eigenvalue weighted by Gasteiger charge is 2.41. The van der Waals surface area contributed by atoms with Crippen LogP contribution in [0.5, 0.6) is 0 Å². The number of ether oxygens (including phenoxy) is 1. The first-order valence-electron chi connectivity index (χ1n) is 10.9. The van der Waals surface area contributed by atoms with Gasteiger partial charge in [-0.3, -0.25) is 4.79 Å². The average Bonchev–Trinajstić information content (AvgIpc) is 3.46. The monoisotopic (exact) mass is 471 g/mol. The summed E-state index contributed by atoms with van der Waals surface area (Å²) in [7, 11) is 1.54. The number of hydrogen-bond donors (Lipinski definition) is 1. The molecule has 2 aliphatic rings. The van der Waals surface area contributed by atoms with E-state index in [-0.39, 0.29) is 11.0 Å². The standard InChI is InChI=1S/C23H32F3N3O2S/c1-14-19(22(2,3)4)32-21(29(14)13-15-6-7-15)28-20(30)17-12-16(23(24,25)26)8-9-18(17)27-10-11-31-5/h8-9,15-16,27H,6-7,10-13H2,1-5H3. The Balaban J connectivity index is 2.01. The zero-order valence-electron chi connectivity index (χ0n) is 19.3. The number of carbonyl (C=O) groups excluding carboxylic acids is 1. The highest BCUT2D eigenvalue weighted by molar-refractivity contribution is 7.09. The third kappa shape index (κ3) is 5.92. The molecule has 1 fully saturated rings. The molecule has 1 aromatic rings. The molecule has 1 unspecified atom stereocenters. The topological polar surface area (TPSA) is 55.6 Å². The van der Waals surface area contributed by atoms with Crippen LogP contribution in [0, 0.1) is 18.8 Å². The second kappa shape index (κ2) is 9.55. The molecule has 0 spiro atoms. The first-order valence-corrected chi connectivity index (χ1v) is 11.7. The summed E-state index contributed by atoms with van der Waals surface area (Å²) in [4.78, 5) is 19.3. The number of nitrogens with one attached hydrogen (secondary N) is 1. The lowest BCUT2D eigenvalue weighted by atomic mass is 9.91. The highest BCUT2D eigenvalue weighted by Crippen LogP contribution is 2.36. The van der Waals surface area contributed by atoms with Gasteiger partial charge in [-0.15, -0.1) is 11.3 Å². The number of amides is 1. The summed E-state index contributed by atoms with van der Waals surface area (Å²) in [5.74, 6) is -1.74. The number of rotatable bonds is 7. The number of nitrogens with zero attached hydrogens (tertiary/aromatic N) is 2. The third-order valence-electron chi connectivity index (χ3n) is 5.72. The predicted octanol–water partition coefficient (Wildman–Crippen LogP) is 4.62. The molecule has 1 aromatic heterocycles. The molecule has 0 bridgehead atoms. The third-order valence-corrected chi connectivity index (χ3v) is 7.32. The van der Waals surface area contributed by atoms with E-state index in [1.54, 1.807) is 7.11 Å². The van der Waals surface area contributed by atoms with Gasteiger partial charge < -0.3 is 14.6 Å². The minimum absolute atomic E-state index is 0.0623. The van der Waals surface area contributed by atoms with E-state index in [0.717, 1.165) is 36.0 Å². The molecule has 0 aliphatic heterocycles. The van der Waals surface area contributed by atoms with E-state index < -0.39 is 24.4 Å². The molecule has 1 heterocycles. The summed E-state index contributed by atoms with van der Waals surface area (Å²) in [6.45, 7) is 9.91. The van der Waals surface area contributed by atoms with Crippen LogP contribution >= 0.6 is 11.3 Å². The largest absolute Gasteiger partial charge is 0.395 e. The molecule has 9 heteroatoms. The number of carbonyl (C=O) groups is 1. The second-order valence-corrected chi connectivity index (χ2v) is 10.5. The Hall–Kier alpha value is -1.87. The van der Waals surface area contributed by atoms with Crippen molar-refractivity contribution in [2.24, 2.45) is 16.8 Å². The summed E-state index contributed by atoms with van der Waals surface area (Å²) >= 11 is 1.46. The van der Waals surface area contributed by atoms with Crippen molar-refractivity contribution in [3.63, 3.8) is 0 Å². The van der Waals surface area contributed by atoms with Crippen LogP contribution < -0.4 is 10.1 Å². The van der Waals surface area contributed by atoms with E-state index in [1.807, 2.05) is 6.92 Å². The van der Waals surface area contributed by atoms with Crippen LogP contribution in [0.2, 0.25) is 0 Å². The Morgan fingerprint density at radius 2 is 2.00 bits per heavy atom. The minimum Gasteiger partial charge on any atom is -0.383 e. The van der Waals surface area contributed by atoms with Crippen molar-refractivity contribution in [2.45, 2.75) is 65.1 Å². The molecular formula is C23H32F3N3O2S. The van der Waals surface area contributed by atoms with Gasteiger partial charge in [0, 0.05) is 42.0 Å². The first-order chi connectivity index (χ1) is 14.9. The van der Waals surface area contributed by atoms with Gasteiger partial charge in [0.05, 0.1) is 12.5 Å². The lowest BCUT2D eigenvalue weighted by Crippen LogP contribution is -2.30. The van der Waals surface area contributed by atoms with E-state index in [4.69, 9.17) is 4.74 Å². The van der Waals surface area contributed by atoms with Crippen molar-refractivity contribution >= 4 is 17.2 Å². The second-order valence-electron chi connectivity index (χ2n) is 9.54. The fraction of sp³-hybridized carbons (Fsp3) is 0.652. The van der Waals surface area contributed by atoms with Crippen LogP contribution in [0.4, 0.5) is 13.2 Å². The summed E-state index contributed by atoms with van der Waals surface area (Å²) in [5.41, 5.74) is 1.41. The molecule has 2 aliphatic carbocycles. The SMILES string of the molecule is COCCNC1=C(C(=O)N=c2sc(C(C)(C)C)c(C)n2CC2CC2)CC(C(F)(F)F)C=C1. The highest BCUT2D eigenvalue weighted by atomic mass is 32.1. The molecule has 0 aromatic carbocycles. The molecule has 1 atom stereocenters. The van der Waals surface area contributed by atoms with Gasteiger partial charge in [0.2, 0.25) is 0 Å². The van der Waals surface area contributed by atoms with Crippen LogP contribution in [-0.2, 0) is 21.5 Å². The Morgan fingerprint density at radius 3 is 2.56 bits per heavy atom. The van der Waals surface area contributed by atoms with Crippen molar-refractivity contribution < 1.29 is 22.7 Å². The van der Waals surface area contributed by atoms with Crippen molar-refractivity contribution in [3.8, 4) is 0 Å². The van der Waals surface area contributed by atoms with Gasteiger partial charge in [-0.2, -0.15) is 18.2 Å². The Labute approximate surface area is 191 Å². The minimum atomic E-state index is -4.41. The summed E-state index contributed by atoms with van der Waals surface area (Å²) in [6.07, 6.45) is -0.0823. The van der Waals surface area contributed by atoms with Gasteiger partial charge >= 0.3 is 6.18 Å². The zero-order valence-corrected chi connectivity index (χ0v) is 20.1. The van der Waals surface area contributed by atoms with Crippen LogP contribution in [0.1, 0.15) is 50.6 Å². The van der Waals surface area contributed by atoms with Gasteiger partial charge in [-0.05, 0) is 43.6 Å². The molecule has 3 rings (SSSR count). The van der Waals surface area contributed by atoms with Crippen LogP contribution in [-0.4, -0.2) is 36.9 Å². The smallest absolute Gasteiger partial charge is 0.383 e. The number of aromatic nitrogens is 1. The van der Waals surface area contributed by atoms with E-state index in [1.165, 1.54) is 17.4 Å². The van der Waals surface area contributed by atoms with Crippen molar-refractivity contribution in [1.29, 1.82) is 0 Å². The zero-order chi connectivity index (χ0) is 23.7. The number of alkyl halides is 3. The molecule has 32 heavy (non-hydrogen) atoms. The normalized spacial score (nSPS) is 20.2. The van der Waals surface area contributed by atoms with Crippen molar-refractivity contribution in [2.75, 3.05) is 20.3 Å². The number of methoxy groups -OCH3 is 1. The molecule has 1 amide bonds. The quantitative estimate of drug-likeness (QED) is 0.591. The average molecular weight is 472 g/mol. The number of halogens is 3. The van der Waals surface area contributed by atoms with Gasteiger partial charge in [0.15, 0.2) is 4.80 Å². The van der Waals surface area contributed by atoms with Gasteiger partial charge in [0.25, 0.3) is 5.91 Å². The maximum Gasteiger partial charge on any atom is 0.395 e. The van der Waals surface area contributed by atoms with Gasteiger partial charge in [-0.1, -0.05) is 26.8 Å². The lowest BCUT2D eigenvalue weighted by Gasteiger charge is -2.23. The molecule has 0 saturated heterocycles. The maximum atomic E-state index is 13.4. The molecular weight excluding hydrogens is 439 g/mol. The number of hydrogen-bond acceptors (Lipinski definition) is 4. The van der Waals surface area contributed by atoms with Crippen LogP contribution in [0.25, 0.3) is 0 Å². The van der Waals surface area contributed by atoms with E-state index in [2.05, 4.69) is 35.6 Å². The van der Waals surface area contributed by atoms with Gasteiger partial charge in [0.1, 0.15) is 0 Å². The Bertz CT molecular complexity index is 976. The first kappa shape index (κ1) is 24.8. The summed E-state index contributed by atoms with van der Waals surface area (Å²) in [5, 5.41) is 3.03. The lowest BCUT2D eigenvalue weighted by molar-refractivity contribution is -0.161. The maximum absolute atomic E-state index is 13.4. The molecule has 1 saturated carbocycles. The molecule has 1 N–H and O–H groups in total. The van der Waals surface area contributed by atoms with E-state index in [9.17, 15) is 18.0 Å². The Morgan fingerprint density at radius 1 is 1.31 bits per heavy atom. The molecule has 0 radical (unpaired) electrons. The summed E-state index contributed by atoms with van der Waals surface area (Å²) in [6, 6.07) is 0. The fourth-order valence-corrected chi connectivity index (χ4v) is 4.98. The fourth-order valence-electron chi connectivity index (χ4n) is 3.78. The number of allylic oxidation sites excluding steroid dienone is 2.